The Bertz CT molecular complexity index is 610. The summed E-state index contributed by atoms with van der Waals surface area (Å²) in [7, 11) is 0. The molecule has 1 aliphatic heterocycles. The summed E-state index contributed by atoms with van der Waals surface area (Å²) in [6, 6.07) is 4.33. The fourth-order valence-electron chi connectivity index (χ4n) is 4.33. The first kappa shape index (κ1) is 16.8. The summed E-state index contributed by atoms with van der Waals surface area (Å²) in [4.78, 5) is 26.0. The summed E-state index contributed by atoms with van der Waals surface area (Å²) in [5, 5.41) is 0. The lowest BCUT2D eigenvalue weighted by Gasteiger charge is -2.38. The van der Waals surface area contributed by atoms with Gasteiger partial charge >= 0.3 is 0 Å². The van der Waals surface area contributed by atoms with Crippen LogP contribution < -0.4 is 0 Å². The molecule has 0 aromatic heterocycles. The molecule has 1 saturated heterocycles. The number of rotatable bonds is 3. The summed E-state index contributed by atoms with van der Waals surface area (Å²) in [6.45, 7) is 6.34. The molecule has 0 bridgehead atoms. The Morgan fingerprint density at radius 3 is 2.39 bits per heavy atom. The van der Waals surface area contributed by atoms with Crippen molar-refractivity contribution in [1.29, 1.82) is 0 Å². The average Bonchev–Trinajstić information content (AvgIpc) is 2.55. The van der Waals surface area contributed by atoms with Gasteiger partial charge in [0.15, 0.2) is 5.78 Å². The van der Waals surface area contributed by atoms with E-state index in [4.69, 9.17) is 0 Å². The van der Waals surface area contributed by atoms with E-state index in [1.54, 1.807) is 0 Å². The third-order valence-corrected chi connectivity index (χ3v) is 6.64. The van der Waals surface area contributed by atoms with Crippen LogP contribution in [-0.2, 0) is 22.4 Å². The highest BCUT2D eigenvalue weighted by molar-refractivity contribution is 7.99. The topological polar surface area (TPSA) is 34.1 Å². The first-order valence-corrected chi connectivity index (χ1v) is 9.98. The molecule has 2 fully saturated rings. The lowest BCUT2D eigenvalue weighted by molar-refractivity contribution is -0.137. The third kappa shape index (κ3) is 3.00. The number of benzene rings is 1. The van der Waals surface area contributed by atoms with Crippen LogP contribution in [0.25, 0.3) is 0 Å². The van der Waals surface area contributed by atoms with E-state index in [1.165, 1.54) is 16.7 Å². The number of ketones is 2. The molecule has 1 aromatic rings. The molecule has 124 valence electrons. The number of fused-ring (bicyclic) bond motifs is 1. The maximum Gasteiger partial charge on any atom is 0.151 e. The molecule has 1 heterocycles. The van der Waals surface area contributed by atoms with Crippen LogP contribution in [0.15, 0.2) is 12.1 Å². The Kier molecular flexibility index (Phi) is 4.96. The van der Waals surface area contributed by atoms with Crippen molar-refractivity contribution in [2.45, 2.75) is 52.4 Å². The number of Topliss-reactive ketones (excluding diaryl/α,β-unsaturated/α-hetero) is 2. The second-order valence-corrected chi connectivity index (χ2v) is 8.09. The van der Waals surface area contributed by atoms with Gasteiger partial charge in [-0.2, -0.15) is 11.8 Å². The molecule has 0 spiro atoms. The first-order chi connectivity index (χ1) is 11.1. The van der Waals surface area contributed by atoms with Crippen molar-refractivity contribution in [2.24, 2.45) is 11.8 Å². The Morgan fingerprint density at radius 2 is 1.78 bits per heavy atom. The molecule has 1 aliphatic carbocycles. The van der Waals surface area contributed by atoms with Gasteiger partial charge in [0.05, 0.1) is 0 Å². The second kappa shape index (κ2) is 6.80. The van der Waals surface area contributed by atoms with Gasteiger partial charge in [-0.3, -0.25) is 9.59 Å². The zero-order chi connectivity index (χ0) is 16.6. The molecule has 3 atom stereocenters. The SMILES string of the molecule is CCc1cc(C)cc(CC)c1C1C(=O)CC2CSCCC2C1=O. The minimum Gasteiger partial charge on any atom is -0.299 e. The number of carbonyl (C=O) groups is 2. The predicted molar refractivity (Wildman–Crippen MR) is 96.2 cm³/mol. The molecular weight excluding hydrogens is 304 g/mol. The van der Waals surface area contributed by atoms with Crippen molar-refractivity contribution in [2.75, 3.05) is 11.5 Å². The molecule has 0 N–H and O–H groups in total. The minimum absolute atomic E-state index is 0.106. The van der Waals surface area contributed by atoms with Crippen molar-refractivity contribution in [3.8, 4) is 0 Å². The summed E-state index contributed by atoms with van der Waals surface area (Å²) in [6.07, 6.45) is 3.30. The average molecular weight is 330 g/mol. The molecule has 2 aliphatic rings. The summed E-state index contributed by atoms with van der Waals surface area (Å²) < 4.78 is 0. The van der Waals surface area contributed by atoms with E-state index in [0.29, 0.717) is 6.42 Å². The lowest BCUT2D eigenvalue weighted by atomic mass is 9.67. The normalized spacial score (nSPS) is 27.9. The number of carbonyl (C=O) groups excluding carboxylic acids is 2. The Morgan fingerprint density at radius 1 is 1.13 bits per heavy atom. The van der Waals surface area contributed by atoms with Crippen molar-refractivity contribution >= 4 is 23.3 Å². The first-order valence-electron chi connectivity index (χ1n) is 8.83. The molecule has 1 aromatic carbocycles. The van der Waals surface area contributed by atoms with Gasteiger partial charge in [-0.1, -0.05) is 31.5 Å². The van der Waals surface area contributed by atoms with Crippen LogP contribution in [0.3, 0.4) is 0 Å². The molecule has 23 heavy (non-hydrogen) atoms. The highest BCUT2D eigenvalue weighted by Crippen LogP contribution is 2.43. The largest absolute Gasteiger partial charge is 0.299 e. The third-order valence-electron chi connectivity index (χ3n) is 5.46. The summed E-state index contributed by atoms with van der Waals surface area (Å²) >= 11 is 1.89. The monoisotopic (exact) mass is 330 g/mol. The van der Waals surface area contributed by atoms with Crippen molar-refractivity contribution in [3.63, 3.8) is 0 Å². The standard InChI is InChI=1S/C20H26O2S/c1-4-13-8-12(3)9-14(5-2)18(13)19-17(21)10-15-11-23-7-6-16(15)20(19)22/h8-9,15-16,19H,4-7,10-11H2,1-3H3. The minimum atomic E-state index is -0.496. The summed E-state index contributed by atoms with van der Waals surface area (Å²) in [5.74, 6) is 2.30. The van der Waals surface area contributed by atoms with Gasteiger partial charge < -0.3 is 0 Å². The van der Waals surface area contributed by atoms with E-state index >= 15 is 0 Å². The van der Waals surface area contributed by atoms with Crippen LogP contribution in [0, 0.1) is 18.8 Å². The van der Waals surface area contributed by atoms with E-state index in [1.807, 2.05) is 11.8 Å². The van der Waals surface area contributed by atoms with Crippen molar-refractivity contribution in [1.82, 2.24) is 0 Å². The Labute approximate surface area is 143 Å². The fraction of sp³-hybridized carbons (Fsp3) is 0.600. The number of aryl methyl sites for hydroxylation is 3. The van der Waals surface area contributed by atoms with Crippen LogP contribution in [0.4, 0.5) is 0 Å². The Balaban J connectivity index is 2.06. The lowest BCUT2D eigenvalue weighted by Crippen LogP contribution is -2.43. The quantitative estimate of drug-likeness (QED) is 0.782. The van der Waals surface area contributed by atoms with E-state index in [9.17, 15) is 9.59 Å². The van der Waals surface area contributed by atoms with Gasteiger partial charge in [-0.15, -0.1) is 0 Å². The Hall–Kier alpha value is -1.09. The molecule has 0 amide bonds. The maximum absolute atomic E-state index is 13.2. The second-order valence-electron chi connectivity index (χ2n) is 6.94. The number of hydrogen-bond acceptors (Lipinski definition) is 3. The van der Waals surface area contributed by atoms with Gasteiger partial charge in [0.25, 0.3) is 0 Å². The fourth-order valence-corrected chi connectivity index (χ4v) is 5.57. The number of hydrogen-bond donors (Lipinski definition) is 0. The van der Waals surface area contributed by atoms with Gasteiger partial charge in [0.1, 0.15) is 11.7 Å². The predicted octanol–water partition coefficient (Wildman–Crippen LogP) is 4.11. The van der Waals surface area contributed by atoms with E-state index in [0.717, 1.165) is 36.3 Å². The molecule has 1 saturated carbocycles. The van der Waals surface area contributed by atoms with Crippen LogP contribution in [0.2, 0.25) is 0 Å². The van der Waals surface area contributed by atoms with Crippen molar-refractivity contribution in [3.05, 3.63) is 34.4 Å². The van der Waals surface area contributed by atoms with Gasteiger partial charge in [0.2, 0.25) is 0 Å². The highest BCUT2D eigenvalue weighted by atomic mass is 32.2. The zero-order valence-corrected chi connectivity index (χ0v) is 15.2. The molecule has 3 heteroatoms. The van der Waals surface area contributed by atoms with Crippen LogP contribution in [0.5, 0.6) is 0 Å². The van der Waals surface area contributed by atoms with Gasteiger partial charge in [-0.25, -0.2) is 0 Å². The summed E-state index contributed by atoms with van der Waals surface area (Å²) in [5.41, 5.74) is 4.66. The van der Waals surface area contributed by atoms with E-state index < -0.39 is 5.92 Å². The van der Waals surface area contributed by atoms with E-state index in [2.05, 4.69) is 32.9 Å². The molecule has 2 nitrogen and oxygen atoms in total. The molecule has 0 radical (unpaired) electrons. The maximum atomic E-state index is 13.2. The van der Waals surface area contributed by atoms with E-state index in [-0.39, 0.29) is 23.4 Å². The molecular formula is C20H26O2S. The van der Waals surface area contributed by atoms with Crippen LogP contribution in [0.1, 0.15) is 54.9 Å². The zero-order valence-electron chi connectivity index (χ0n) is 14.4. The highest BCUT2D eigenvalue weighted by Gasteiger charge is 2.45. The van der Waals surface area contributed by atoms with Crippen LogP contribution in [-0.4, -0.2) is 23.1 Å². The van der Waals surface area contributed by atoms with Gasteiger partial charge in [0, 0.05) is 12.3 Å². The smallest absolute Gasteiger partial charge is 0.151 e. The molecule has 3 rings (SSSR count). The van der Waals surface area contributed by atoms with Gasteiger partial charge in [-0.05, 0) is 60.3 Å². The number of thioether (sulfide) groups is 1. The molecule has 3 unspecified atom stereocenters. The van der Waals surface area contributed by atoms with Crippen LogP contribution >= 0.6 is 11.8 Å². The van der Waals surface area contributed by atoms with Crippen molar-refractivity contribution < 1.29 is 9.59 Å².